The van der Waals surface area contributed by atoms with Crippen LogP contribution in [0.3, 0.4) is 0 Å². The predicted octanol–water partition coefficient (Wildman–Crippen LogP) is 4.48. The summed E-state index contributed by atoms with van der Waals surface area (Å²) in [4.78, 5) is 27.6. The molecule has 1 N–H and O–H groups in total. The molecule has 3 aromatic rings. The summed E-state index contributed by atoms with van der Waals surface area (Å²) in [6.45, 7) is 7.00. The lowest BCUT2D eigenvalue weighted by Gasteiger charge is -2.25. The molecule has 1 saturated heterocycles. The maximum absolute atomic E-state index is 13.3. The maximum Gasteiger partial charge on any atom is 0.254 e. The van der Waals surface area contributed by atoms with E-state index in [9.17, 15) is 9.59 Å². The number of allylic oxidation sites excluding steroid dienone is 1. The van der Waals surface area contributed by atoms with Gasteiger partial charge in [-0.05, 0) is 43.5 Å². The zero-order valence-electron chi connectivity index (χ0n) is 18.6. The minimum absolute atomic E-state index is 0.0141. The molecule has 170 valence electrons. The van der Waals surface area contributed by atoms with Crippen molar-refractivity contribution in [3.63, 3.8) is 0 Å². The number of hydrogen-bond donors (Lipinski definition) is 1. The second-order valence-electron chi connectivity index (χ2n) is 7.91. The topological polar surface area (TPSA) is 80.1 Å². The van der Waals surface area contributed by atoms with Gasteiger partial charge in [0.15, 0.2) is 11.0 Å². The number of anilines is 1. The lowest BCUT2D eigenvalue weighted by molar-refractivity contribution is -0.113. The number of aryl methyl sites for hydroxylation is 1. The normalized spacial score (nSPS) is 15.4. The fourth-order valence-electron chi connectivity index (χ4n) is 4.05. The number of amides is 2. The molecular formula is C25H27N5O2S. The Bertz CT molecular complexity index is 1140. The fourth-order valence-corrected chi connectivity index (χ4v) is 4.80. The number of rotatable bonds is 8. The van der Waals surface area contributed by atoms with Gasteiger partial charge in [0.2, 0.25) is 5.91 Å². The van der Waals surface area contributed by atoms with Crippen molar-refractivity contribution in [2.75, 3.05) is 17.6 Å². The minimum atomic E-state index is -0.156. The van der Waals surface area contributed by atoms with Gasteiger partial charge in [-0.3, -0.25) is 9.59 Å². The van der Waals surface area contributed by atoms with E-state index in [1.807, 2.05) is 71.0 Å². The van der Waals surface area contributed by atoms with Crippen LogP contribution in [0.5, 0.6) is 0 Å². The molecule has 0 saturated carbocycles. The Labute approximate surface area is 197 Å². The standard InChI is InChI=1S/C25H27N5O2S/c1-3-15-30-23(21-14-9-16-29(21)24(32)20-13-8-7-10-18(20)2)27-28-25(30)33-17-22(31)26-19-11-5-4-6-12-19/h3-8,10-13,21H,1,9,14-17H2,2H3,(H,26,31). The van der Waals surface area contributed by atoms with Crippen LogP contribution in [0.1, 0.15) is 40.6 Å². The minimum Gasteiger partial charge on any atom is -0.328 e. The summed E-state index contributed by atoms with van der Waals surface area (Å²) in [6.07, 6.45) is 3.51. The molecule has 33 heavy (non-hydrogen) atoms. The third-order valence-corrected chi connectivity index (χ3v) is 6.60. The molecule has 2 heterocycles. The Morgan fingerprint density at radius 3 is 2.67 bits per heavy atom. The largest absolute Gasteiger partial charge is 0.328 e. The van der Waals surface area contributed by atoms with Crippen molar-refractivity contribution in [2.45, 2.75) is 37.5 Å². The SMILES string of the molecule is C=CCn1c(SCC(=O)Nc2ccccc2)nnc1C1CCCN1C(=O)c1ccccc1C. The van der Waals surface area contributed by atoms with Crippen molar-refractivity contribution in [3.05, 3.63) is 84.2 Å². The van der Waals surface area contributed by atoms with E-state index in [4.69, 9.17) is 0 Å². The average molecular weight is 462 g/mol. The number of nitrogens with zero attached hydrogens (tertiary/aromatic N) is 4. The van der Waals surface area contributed by atoms with Gasteiger partial charge in [0.05, 0.1) is 11.8 Å². The van der Waals surface area contributed by atoms with Crippen LogP contribution in [-0.2, 0) is 11.3 Å². The summed E-state index contributed by atoms with van der Waals surface area (Å²) in [5.74, 6) is 0.847. The van der Waals surface area contributed by atoms with Crippen molar-refractivity contribution in [3.8, 4) is 0 Å². The first kappa shape index (κ1) is 22.8. The number of aromatic nitrogens is 3. The molecule has 7 nitrogen and oxygen atoms in total. The molecule has 4 rings (SSSR count). The monoisotopic (exact) mass is 461 g/mol. The first-order valence-electron chi connectivity index (χ1n) is 11.0. The summed E-state index contributed by atoms with van der Waals surface area (Å²) < 4.78 is 1.96. The number of carbonyl (C=O) groups excluding carboxylic acids is 2. The highest BCUT2D eigenvalue weighted by Crippen LogP contribution is 2.34. The summed E-state index contributed by atoms with van der Waals surface area (Å²) in [6, 6.07) is 16.8. The van der Waals surface area contributed by atoms with Crippen LogP contribution in [0.2, 0.25) is 0 Å². The van der Waals surface area contributed by atoms with Gasteiger partial charge in [-0.25, -0.2) is 0 Å². The van der Waals surface area contributed by atoms with E-state index < -0.39 is 0 Å². The number of para-hydroxylation sites is 1. The Morgan fingerprint density at radius 1 is 1.15 bits per heavy atom. The van der Waals surface area contributed by atoms with Gasteiger partial charge in [-0.1, -0.05) is 54.2 Å². The predicted molar refractivity (Wildman–Crippen MR) is 130 cm³/mol. The molecule has 2 aromatic carbocycles. The van der Waals surface area contributed by atoms with Gasteiger partial charge in [0.1, 0.15) is 0 Å². The number of benzene rings is 2. The quantitative estimate of drug-likeness (QED) is 0.395. The summed E-state index contributed by atoms with van der Waals surface area (Å²) >= 11 is 1.33. The summed E-state index contributed by atoms with van der Waals surface area (Å²) in [7, 11) is 0. The van der Waals surface area contributed by atoms with E-state index >= 15 is 0 Å². The highest BCUT2D eigenvalue weighted by atomic mass is 32.2. The van der Waals surface area contributed by atoms with Gasteiger partial charge in [0.25, 0.3) is 5.91 Å². The smallest absolute Gasteiger partial charge is 0.254 e. The molecule has 2 amide bonds. The van der Waals surface area contributed by atoms with E-state index in [-0.39, 0.29) is 23.6 Å². The van der Waals surface area contributed by atoms with Crippen molar-refractivity contribution in [2.24, 2.45) is 0 Å². The van der Waals surface area contributed by atoms with E-state index in [0.29, 0.717) is 23.8 Å². The molecule has 0 aliphatic carbocycles. The maximum atomic E-state index is 13.3. The highest BCUT2D eigenvalue weighted by molar-refractivity contribution is 7.99. The Morgan fingerprint density at radius 2 is 1.91 bits per heavy atom. The van der Waals surface area contributed by atoms with Crippen molar-refractivity contribution in [1.82, 2.24) is 19.7 Å². The van der Waals surface area contributed by atoms with Crippen LogP contribution in [0, 0.1) is 6.92 Å². The van der Waals surface area contributed by atoms with Gasteiger partial charge in [-0.2, -0.15) is 0 Å². The highest BCUT2D eigenvalue weighted by Gasteiger charge is 2.35. The second kappa shape index (κ2) is 10.5. The van der Waals surface area contributed by atoms with E-state index in [1.165, 1.54) is 11.8 Å². The molecule has 0 radical (unpaired) electrons. The van der Waals surface area contributed by atoms with Gasteiger partial charge in [0, 0.05) is 24.3 Å². The van der Waals surface area contributed by atoms with Gasteiger partial charge in [-0.15, -0.1) is 16.8 Å². The van der Waals surface area contributed by atoms with Gasteiger partial charge < -0.3 is 14.8 Å². The number of nitrogens with one attached hydrogen (secondary N) is 1. The van der Waals surface area contributed by atoms with Crippen molar-refractivity contribution >= 4 is 29.3 Å². The van der Waals surface area contributed by atoms with Crippen LogP contribution in [0.4, 0.5) is 5.69 Å². The zero-order chi connectivity index (χ0) is 23.2. The number of thioether (sulfide) groups is 1. The molecular weight excluding hydrogens is 434 g/mol. The van der Waals surface area contributed by atoms with E-state index in [1.54, 1.807) is 6.08 Å². The zero-order valence-corrected chi connectivity index (χ0v) is 19.4. The van der Waals surface area contributed by atoms with E-state index in [2.05, 4.69) is 22.1 Å². The molecule has 8 heteroatoms. The third-order valence-electron chi connectivity index (χ3n) is 5.63. The van der Waals surface area contributed by atoms with Crippen LogP contribution in [0.25, 0.3) is 0 Å². The molecule has 0 bridgehead atoms. The molecule has 1 aromatic heterocycles. The Kier molecular flexibility index (Phi) is 7.24. The molecule has 1 unspecified atom stereocenters. The summed E-state index contributed by atoms with van der Waals surface area (Å²) in [5, 5.41) is 12.3. The summed E-state index contributed by atoms with van der Waals surface area (Å²) in [5.41, 5.74) is 2.43. The molecule has 1 aliphatic heterocycles. The van der Waals surface area contributed by atoms with Crippen molar-refractivity contribution < 1.29 is 9.59 Å². The number of carbonyl (C=O) groups is 2. The van der Waals surface area contributed by atoms with Crippen LogP contribution < -0.4 is 5.32 Å². The number of hydrogen-bond acceptors (Lipinski definition) is 5. The molecule has 1 fully saturated rings. The first-order chi connectivity index (χ1) is 16.1. The van der Waals surface area contributed by atoms with Crippen LogP contribution in [0.15, 0.2) is 72.4 Å². The van der Waals surface area contributed by atoms with Crippen molar-refractivity contribution in [1.29, 1.82) is 0 Å². The van der Waals surface area contributed by atoms with E-state index in [0.717, 1.165) is 29.9 Å². The van der Waals surface area contributed by atoms with Crippen LogP contribution >= 0.6 is 11.8 Å². The lowest BCUT2D eigenvalue weighted by atomic mass is 10.1. The van der Waals surface area contributed by atoms with Gasteiger partial charge >= 0.3 is 0 Å². The Hall–Kier alpha value is -3.39. The lowest BCUT2D eigenvalue weighted by Crippen LogP contribution is -2.32. The second-order valence-corrected chi connectivity index (χ2v) is 8.86. The third kappa shape index (κ3) is 5.17. The molecule has 1 aliphatic rings. The average Bonchev–Trinajstić information content (AvgIpc) is 3.45. The Balaban J connectivity index is 1.51. The fraction of sp³-hybridized carbons (Fsp3) is 0.280. The number of likely N-dealkylation sites (tertiary alicyclic amines) is 1. The molecule has 1 atom stereocenters. The first-order valence-corrected chi connectivity index (χ1v) is 12.0. The molecule has 0 spiro atoms. The van der Waals surface area contributed by atoms with Crippen LogP contribution in [-0.4, -0.2) is 43.8 Å².